The molecular formula is C32H30FN5O3. The van der Waals surface area contributed by atoms with Crippen molar-refractivity contribution in [1.29, 1.82) is 0 Å². The topological polar surface area (TPSA) is 137 Å². The van der Waals surface area contributed by atoms with Crippen molar-refractivity contribution in [1.82, 2.24) is 9.88 Å². The molecule has 8 nitrogen and oxygen atoms in total. The quantitative estimate of drug-likeness (QED) is 0.203. The highest BCUT2D eigenvalue weighted by molar-refractivity contribution is 6.20. The van der Waals surface area contributed by atoms with Gasteiger partial charge in [0, 0.05) is 53.7 Å². The molecule has 41 heavy (non-hydrogen) atoms. The summed E-state index contributed by atoms with van der Waals surface area (Å²) in [5, 5.41) is 14.6. The molecule has 9 heteroatoms. The Balaban J connectivity index is 1.45. The Morgan fingerprint density at radius 3 is 2.56 bits per heavy atom. The summed E-state index contributed by atoms with van der Waals surface area (Å²) in [5.74, 6) is -1.34. The molecule has 7 N–H and O–H groups in total. The van der Waals surface area contributed by atoms with E-state index in [0.717, 1.165) is 51.5 Å². The summed E-state index contributed by atoms with van der Waals surface area (Å²) in [6.45, 7) is 2.35. The first kappa shape index (κ1) is 26.6. The summed E-state index contributed by atoms with van der Waals surface area (Å²) in [6, 6.07) is 20.6. The van der Waals surface area contributed by atoms with E-state index in [0.29, 0.717) is 35.4 Å². The molecule has 1 atom stereocenters. The van der Waals surface area contributed by atoms with E-state index in [-0.39, 0.29) is 18.6 Å². The van der Waals surface area contributed by atoms with Gasteiger partial charge in [-0.1, -0.05) is 30.3 Å². The molecule has 0 radical (unpaired) electrons. The minimum atomic E-state index is -0.543. The molecule has 0 bridgehead atoms. The fourth-order valence-corrected chi connectivity index (χ4v) is 5.77. The number of benzene rings is 4. The number of nitrogens with one attached hydrogen (secondary N) is 2. The summed E-state index contributed by atoms with van der Waals surface area (Å²) in [4.78, 5) is 31.0. The molecule has 1 aromatic heterocycles. The number of nitrogens with two attached hydrogens (primary N) is 2. The van der Waals surface area contributed by atoms with E-state index in [2.05, 4.69) is 27.3 Å². The van der Waals surface area contributed by atoms with E-state index < -0.39 is 11.7 Å². The third-order valence-electron chi connectivity index (χ3n) is 7.76. The number of anilines is 1. The lowest BCUT2D eigenvalue weighted by Crippen LogP contribution is -2.21. The number of aromatic amines is 1. The van der Waals surface area contributed by atoms with Gasteiger partial charge in [-0.05, 0) is 71.1 Å². The number of likely N-dealkylation sites (tertiary alicyclic amines) is 1. The number of aliphatic hydroxyl groups is 1. The number of amides is 2. The first-order chi connectivity index (χ1) is 19.8. The third kappa shape index (κ3) is 5.06. The number of hydrogen-bond donors (Lipinski definition) is 5. The van der Waals surface area contributed by atoms with Gasteiger partial charge in [-0.25, -0.2) is 4.39 Å². The van der Waals surface area contributed by atoms with Crippen molar-refractivity contribution in [2.24, 2.45) is 11.5 Å². The van der Waals surface area contributed by atoms with Gasteiger partial charge >= 0.3 is 0 Å². The normalized spacial score (nSPS) is 15.5. The van der Waals surface area contributed by atoms with Crippen molar-refractivity contribution in [2.45, 2.75) is 25.6 Å². The van der Waals surface area contributed by atoms with Gasteiger partial charge in [0.25, 0.3) is 11.8 Å². The van der Waals surface area contributed by atoms with E-state index in [1.165, 1.54) is 24.3 Å². The van der Waals surface area contributed by atoms with Crippen molar-refractivity contribution >= 4 is 39.3 Å². The van der Waals surface area contributed by atoms with Crippen LogP contribution in [0.4, 0.5) is 10.1 Å². The highest BCUT2D eigenvalue weighted by Crippen LogP contribution is 2.39. The molecule has 0 saturated carbocycles. The molecular weight excluding hydrogens is 521 g/mol. The van der Waals surface area contributed by atoms with Crippen molar-refractivity contribution in [3.05, 3.63) is 101 Å². The molecule has 0 aliphatic carbocycles. The third-order valence-corrected chi connectivity index (χ3v) is 7.76. The molecule has 208 valence electrons. The van der Waals surface area contributed by atoms with Crippen molar-refractivity contribution in [2.75, 3.05) is 18.4 Å². The summed E-state index contributed by atoms with van der Waals surface area (Å²) in [6.07, 6.45) is 0.479. The Bertz CT molecular complexity index is 1800. The molecule has 1 aliphatic heterocycles. The fraction of sp³-hybridized carbons (Fsp3) is 0.188. The number of fused-ring (bicyclic) bond motifs is 3. The minimum Gasteiger partial charge on any atom is -0.392 e. The standard InChI is InChI=1S/C32H30FN5O3/c33-20-7-5-19(6-8-20)32(41)37-27-3-1-2-22(26(27)15-34)23-10-11-25(31(35)40)30-29(23)24-9-4-18(14-28(24)36-30)16-38-13-12-21(39)17-38/h1-11,14,21,36,39H,12-13,15-17,34H2,(H2,35,40)(H,37,41). The lowest BCUT2D eigenvalue weighted by atomic mass is 9.92. The summed E-state index contributed by atoms with van der Waals surface area (Å²) in [7, 11) is 0. The number of carbonyl (C=O) groups excluding carboxylic acids is 2. The monoisotopic (exact) mass is 551 g/mol. The molecule has 4 aromatic carbocycles. The van der Waals surface area contributed by atoms with E-state index in [4.69, 9.17) is 11.5 Å². The fourth-order valence-electron chi connectivity index (χ4n) is 5.77. The number of rotatable bonds is 7. The van der Waals surface area contributed by atoms with Gasteiger partial charge in [-0.3, -0.25) is 14.5 Å². The maximum atomic E-state index is 13.4. The maximum Gasteiger partial charge on any atom is 0.255 e. The zero-order valence-electron chi connectivity index (χ0n) is 22.3. The highest BCUT2D eigenvalue weighted by atomic mass is 19.1. The van der Waals surface area contributed by atoms with Gasteiger partial charge in [-0.2, -0.15) is 0 Å². The number of aliphatic hydroxyl groups excluding tert-OH is 1. The smallest absolute Gasteiger partial charge is 0.255 e. The highest BCUT2D eigenvalue weighted by Gasteiger charge is 2.22. The second kappa shape index (κ2) is 10.8. The van der Waals surface area contributed by atoms with Crippen LogP contribution in [0.5, 0.6) is 0 Å². The van der Waals surface area contributed by atoms with Crippen molar-refractivity contribution in [3.63, 3.8) is 0 Å². The van der Waals surface area contributed by atoms with Crippen LogP contribution in [-0.2, 0) is 13.1 Å². The van der Waals surface area contributed by atoms with Crippen LogP contribution in [0.15, 0.2) is 72.8 Å². The second-order valence-electron chi connectivity index (χ2n) is 10.5. The zero-order chi connectivity index (χ0) is 28.7. The maximum absolute atomic E-state index is 13.4. The predicted octanol–water partition coefficient (Wildman–Crippen LogP) is 4.50. The largest absolute Gasteiger partial charge is 0.392 e. The predicted molar refractivity (Wildman–Crippen MR) is 158 cm³/mol. The average molecular weight is 552 g/mol. The van der Waals surface area contributed by atoms with Crippen LogP contribution in [0.2, 0.25) is 0 Å². The van der Waals surface area contributed by atoms with Crippen LogP contribution in [0, 0.1) is 5.82 Å². The first-order valence-corrected chi connectivity index (χ1v) is 13.5. The van der Waals surface area contributed by atoms with E-state index >= 15 is 0 Å². The molecule has 6 rings (SSSR count). The van der Waals surface area contributed by atoms with Gasteiger partial charge in [-0.15, -0.1) is 0 Å². The molecule has 2 heterocycles. The van der Waals surface area contributed by atoms with Gasteiger partial charge in [0.2, 0.25) is 0 Å². The minimum absolute atomic E-state index is 0.141. The van der Waals surface area contributed by atoms with E-state index in [1.807, 2.05) is 24.3 Å². The van der Waals surface area contributed by atoms with Crippen LogP contribution in [0.1, 0.15) is 38.3 Å². The number of halogens is 1. The number of β-amino-alcohol motifs (C(OH)–C–C–N with tert-alkyl or cyclic N) is 1. The molecule has 1 aliphatic rings. The van der Waals surface area contributed by atoms with Crippen LogP contribution in [-0.4, -0.2) is 46.0 Å². The van der Waals surface area contributed by atoms with Gasteiger partial charge < -0.3 is 26.9 Å². The molecule has 1 fully saturated rings. The lowest BCUT2D eigenvalue weighted by Gasteiger charge is -2.16. The molecule has 1 saturated heterocycles. The summed E-state index contributed by atoms with van der Waals surface area (Å²) < 4.78 is 13.4. The SMILES string of the molecule is NCc1c(NC(=O)c2ccc(F)cc2)cccc1-c1ccc(C(N)=O)c2[nH]c3cc(CN4CCC(O)C4)ccc3c12. The number of hydrogen-bond acceptors (Lipinski definition) is 5. The second-order valence-corrected chi connectivity index (χ2v) is 10.5. The Kier molecular flexibility index (Phi) is 7.00. The van der Waals surface area contributed by atoms with Crippen LogP contribution < -0.4 is 16.8 Å². The molecule has 2 amide bonds. The molecule has 1 unspecified atom stereocenters. The zero-order valence-corrected chi connectivity index (χ0v) is 22.3. The lowest BCUT2D eigenvalue weighted by molar-refractivity contribution is 0.0998. The van der Waals surface area contributed by atoms with Crippen LogP contribution in [0.3, 0.4) is 0 Å². The van der Waals surface area contributed by atoms with Crippen molar-refractivity contribution < 1.29 is 19.1 Å². The Labute approximate surface area is 235 Å². The van der Waals surface area contributed by atoms with Crippen molar-refractivity contribution in [3.8, 4) is 11.1 Å². The van der Waals surface area contributed by atoms with Gasteiger partial charge in [0.1, 0.15) is 5.82 Å². The van der Waals surface area contributed by atoms with Gasteiger partial charge in [0.05, 0.1) is 17.2 Å². The number of carbonyl (C=O) groups is 2. The number of primary amides is 1. The number of H-pyrrole nitrogens is 1. The Morgan fingerprint density at radius 1 is 1.05 bits per heavy atom. The van der Waals surface area contributed by atoms with Gasteiger partial charge in [0.15, 0.2) is 0 Å². The number of aromatic nitrogens is 1. The van der Waals surface area contributed by atoms with E-state index in [1.54, 1.807) is 12.1 Å². The average Bonchev–Trinajstić information content (AvgIpc) is 3.55. The Hall–Kier alpha value is -4.57. The summed E-state index contributed by atoms with van der Waals surface area (Å²) in [5.41, 5.74) is 18.2. The number of nitrogens with zero attached hydrogens (tertiary/aromatic N) is 1. The first-order valence-electron chi connectivity index (χ1n) is 13.5. The summed E-state index contributed by atoms with van der Waals surface area (Å²) >= 11 is 0. The molecule has 5 aromatic rings. The molecule has 0 spiro atoms. The van der Waals surface area contributed by atoms with E-state index in [9.17, 15) is 19.1 Å². The van der Waals surface area contributed by atoms with Crippen LogP contribution in [0.25, 0.3) is 32.9 Å². The van der Waals surface area contributed by atoms with Crippen LogP contribution >= 0.6 is 0 Å². The Morgan fingerprint density at radius 2 is 1.85 bits per heavy atom.